The van der Waals surface area contributed by atoms with Crippen LogP contribution in [0.2, 0.25) is 10.0 Å². The number of halogens is 3. The Bertz CT molecular complexity index is 665. The Labute approximate surface area is 182 Å². The molecule has 0 bridgehead atoms. The highest BCUT2D eigenvalue weighted by Gasteiger charge is 2.34. The zero-order valence-corrected chi connectivity index (χ0v) is 18.8. The quantitative estimate of drug-likeness (QED) is 0.493. The molecule has 3 atom stereocenters. The molecule has 1 fully saturated rings. The van der Waals surface area contributed by atoms with Crippen LogP contribution in [0.25, 0.3) is 0 Å². The molecule has 0 radical (unpaired) electrons. The molecule has 0 saturated carbocycles. The number of benzene rings is 1. The van der Waals surface area contributed by atoms with Crippen LogP contribution in [0.5, 0.6) is 0 Å². The fraction of sp³-hybridized carbons (Fsp3) is 0.650. The third-order valence-electron chi connectivity index (χ3n) is 4.78. The van der Waals surface area contributed by atoms with E-state index in [9.17, 15) is 9.18 Å². The Hall–Kier alpha value is -1.12. The molecular weight excluding hydrogens is 416 g/mol. The molecule has 1 aliphatic heterocycles. The Balaban J connectivity index is 1.94. The van der Waals surface area contributed by atoms with E-state index >= 15 is 0 Å². The summed E-state index contributed by atoms with van der Waals surface area (Å²) in [6.45, 7) is 7.72. The molecule has 1 aromatic carbocycles. The molecule has 9 heteroatoms. The Morgan fingerprint density at radius 1 is 1.34 bits per heavy atom. The number of likely N-dealkylation sites (tertiary alicyclic amines) is 1. The SMILES string of the molecule is CC(C)(C)NC(=O)N[C@@H]1C[C@@H](CNCc2c(Cl)cccc2Cl)N(C[C@@H](F)CN)C1. The first-order valence-electron chi connectivity index (χ1n) is 9.89. The maximum absolute atomic E-state index is 13.9. The summed E-state index contributed by atoms with van der Waals surface area (Å²) in [4.78, 5) is 14.2. The number of carbonyl (C=O) groups excluding carboxylic acids is 1. The first-order chi connectivity index (χ1) is 13.6. The highest BCUT2D eigenvalue weighted by atomic mass is 35.5. The lowest BCUT2D eigenvalue weighted by molar-refractivity contribution is 0.178. The van der Waals surface area contributed by atoms with Crippen molar-refractivity contribution in [2.24, 2.45) is 5.73 Å². The van der Waals surface area contributed by atoms with Crippen molar-refractivity contribution >= 4 is 29.2 Å². The molecule has 1 heterocycles. The Morgan fingerprint density at radius 2 is 2.00 bits per heavy atom. The minimum atomic E-state index is -1.10. The number of nitrogens with two attached hydrogens (primary N) is 1. The van der Waals surface area contributed by atoms with Crippen molar-refractivity contribution < 1.29 is 9.18 Å². The lowest BCUT2D eigenvalue weighted by Gasteiger charge is -2.26. The molecule has 0 aliphatic carbocycles. The van der Waals surface area contributed by atoms with E-state index in [0.717, 1.165) is 12.0 Å². The van der Waals surface area contributed by atoms with Gasteiger partial charge in [0.1, 0.15) is 6.17 Å². The van der Waals surface area contributed by atoms with E-state index in [1.165, 1.54) is 0 Å². The summed E-state index contributed by atoms with van der Waals surface area (Å²) in [5.41, 5.74) is 5.98. The average molecular weight is 448 g/mol. The minimum absolute atomic E-state index is 0.0194. The second kappa shape index (κ2) is 10.8. The molecule has 29 heavy (non-hydrogen) atoms. The maximum atomic E-state index is 13.9. The summed E-state index contributed by atoms with van der Waals surface area (Å²) in [6.07, 6.45) is -0.379. The Kier molecular flexibility index (Phi) is 8.97. The summed E-state index contributed by atoms with van der Waals surface area (Å²) in [5.74, 6) is 0. The molecule has 6 nitrogen and oxygen atoms in total. The van der Waals surface area contributed by atoms with Gasteiger partial charge in [-0.1, -0.05) is 29.3 Å². The van der Waals surface area contributed by atoms with Crippen molar-refractivity contribution in [1.82, 2.24) is 20.9 Å². The number of nitrogens with one attached hydrogen (secondary N) is 3. The van der Waals surface area contributed by atoms with Crippen molar-refractivity contribution in [3.63, 3.8) is 0 Å². The zero-order valence-electron chi connectivity index (χ0n) is 17.3. The predicted octanol–water partition coefficient (Wildman–Crippen LogP) is 2.92. The standard InChI is InChI=1S/C20H32Cl2FN5O/c1-20(2,3)27-19(29)26-14-7-15(28(12-14)11-13(23)8-24)9-25-10-16-17(21)5-4-6-18(16)22/h4-6,13-15,25H,7-12,24H2,1-3H3,(H2,26,27,29)/t13-,14+,15-/m0/s1. The molecule has 2 amide bonds. The third kappa shape index (κ3) is 7.90. The molecule has 1 aromatic rings. The predicted molar refractivity (Wildman–Crippen MR) is 117 cm³/mol. The lowest BCUT2D eigenvalue weighted by Crippen LogP contribution is -2.50. The highest BCUT2D eigenvalue weighted by Crippen LogP contribution is 2.24. The zero-order chi connectivity index (χ0) is 21.6. The van der Waals surface area contributed by atoms with Gasteiger partial charge in [-0.3, -0.25) is 4.90 Å². The van der Waals surface area contributed by atoms with Gasteiger partial charge < -0.3 is 21.7 Å². The van der Waals surface area contributed by atoms with Crippen LogP contribution < -0.4 is 21.7 Å². The van der Waals surface area contributed by atoms with Crippen molar-refractivity contribution in [3.8, 4) is 0 Å². The average Bonchev–Trinajstić information content (AvgIpc) is 2.96. The van der Waals surface area contributed by atoms with Crippen LogP contribution in [0.3, 0.4) is 0 Å². The van der Waals surface area contributed by atoms with Crippen LogP contribution in [0, 0.1) is 0 Å². The largest absolute Gasteiger partial charge is 0.334 e. The van der Waals surface area contributed by atoms with E-state index in [1.54, 1.807) is 18.2 Å². The van der Waals surface area contributed by atoms with E-state index in [1.807, 2.05) is 25.7 Å². The summed E-state index contributed by atoms with van der Waals surface area (Å²) < 4.78 is 13.9. The van der Waals surface area contributed by atoms with Gasteiger partial charge in [0.2, 0.25) is 0 Å². The number of hydrogen-bond acceptors (Lipinski definition) is 4. The number of carbonyl (C=O) groups is 1. The van der Waals surface area contributed by atoms with Crippen molar-refractivity contribution in [2.45, 2.75) is 57.5 Å². The van der Waals surface area contributed by atoms with E-state index in [4.69, 9.17) is 28.9 Å². The van der Waals surface area contributed by atoms with Crippen molar-refractivity contribution in [2.75, 3.05) is 26.2 Å². The second-order valence-electron chi connectivity index (χ2n) is 8.55. The number of alkyl halides is 1. The van der Waals surface area contributed by atoms with E-state index < -0.39 is 6.17 Å². The van der Waals surface area contributed by atoms with Gasteiger partial charge in [-0.25, -0.2) is 9.18 Å². The molecule has 0 spiro atoms. The molecule has 2 rings (SSSR count). The van der Waals surface area contributed by atoms with Gasteiger partial charge in [-0.05, 0) is 39.3 Å². The molecule has 5 N–H and O–H groups in total. The second-order valence-corrected chi connectivity index (χ2v) is 9.37. The van der Waals surface area contributed by atoms with Crippen LogP contribution in [-0.2, 0) is 6.54 Å². The molecule has 0 aromatic heterocycles. The number of nitrogens with zero attached hydrogens (tertiary/aromatic N) is 1. The highest BCUT2D eigenvalue weighted by molar-refractivity contribution is 6.35. The normalized spacial score (nSPS) is 21.2. The first-order valence-corrected chi connectivity index (χ1v) is 10.6. The molecule has 0 unspecified atom stereocenters. The van der Waals surface area contributed by atoms with Gasteiger partial charge in [0, 0.05) is 66.0 Å². The van der Waals surface area contributed by atoms with Crippen LogP contribution >= 0.6 is 23.2 Å². The van der Waals surface area contributed by atoms with Gasteiger partial charge in [0.15, 0.2) is 0 Å². The smallest absolute Gasteiger partial charge is 0.315 e. The molecule has 1 aliphatic rings. The summed E-state index contributed by atoms with van der Waals surface area (Å²) in [5, 5.41) is 10.5. The van der Waals surface area contributed by atoms with Gasteiger partial charge >= 0.3 is 6.03 Å². The molecular formula is C20H32Cl2FN5O. The van der Waals surface area contributed by atoms with Crippen LogP contribution in [0.1, 0.15) is 32.8 Å². The Morgan fingerprint density at radius 3 is 2.59 bits per heavy atom. The van der Waals surface area contributed by atoms with E-state index in [-0.39, 0.29) is 36.7 Å². The number of urea groups is 1. The third-order valence-corrected chi connectivity index (χ3v) is 5.49. The van der Waals surface area contributed by atoms with Crippen molar-refractivity contribution in [3.05, 3.63) is 33.8 Å². The van der Waals surface area contributed by atoms with E-state index in [0.29, 0.717) is 29.7 Å². The summed E-state index contributed by atoms with van der Waals surface area (Å²) in [6, 6.07) is 5.21. The van der Waals surface area contributed by atoms with Crippen molar-refractivity contribution in [1.29, 1.82) is 0 Å². The fourth-order valence-electron chi connectivity index (χ4n) is 3.48. The number of amides is 2. The molecule has 164 valence electrons. The number of hydrogen-bond donors (Lipinski definition) is 4. The summed E-state index contributed by atoms with van der Waals surface area (Å²) in [7, 11) is 0. The van der Waals surface area contributed by atoms with Gasteiger partial charge in [-0.2, -0.15) is 0 Å². The maximum Gasteiger partial charge on any atom is 0.315 e. The van der Waals surface area contributed by atoms with E-state index in [2.05, 4.69) is 16.0 Å². The van der Waals surface area contributed by atoms with Crippen LogP contribution in [-0.4, -0.2) is 60.9 Å². The van der Waals surface area contributed by atoms with Gasteiger partial charge in [0.25, 0.3) is 0 Å². The van der Waals surface area contributed by atoms with Crippen LogP contribution in [0.15, 0.2) is 18.2 Å². The lowest BCUT2D eigenvalue weighted by atomic mass is 10.1. The van der Waals surface area contributed by atoms with Gasteiger partial charge in [0.05, 0.1) is 0 Å². The first kappa shape index (κ1) is 24.2. The summed E-state index contributed by atoms with van der Waals surface area (Å²) >= 11 is 12.4. The minimum Gasteiger partial charge on any atom is -0.334 e. The number of rotatable bonds is 8. The van der Waals surface area contributed by atoms with Crippen LogP contribution in [0.4, 0.5) is 9.18 Å². The monoisotopic (exact) mass is 447 g/mol. The molecule has 1 saturated heterocycles. The fourth-order valence-corrected chi connectivity index (χ4v) is 4.01. The van der Waals surface area contributed by atoms with Gasteiger partial charge in [-0.15, -0.1) is 0 Å². The topological polar surface area (TPSA) is 82.4 Å².